The van der Waals surface area contributed by atoms with Gasteiger partial charge in [-0.15, -0.1) is 0 Å². The maximum Gasteiger partial charge on any atom is 0.206 e. The van der Waals surface area contributed by atoms with Gasteiger partial charge in [-0.3, -0.25) is 4.79 Å². The average Bonchev–Trinajstić information content (AvgIpc) is 1.94. The van der Waals surface area contributed by atoms with Gasteiger partial charge in [0.25, 0.3) is 0 Å². The number of hydrogen-bond acceptors (Lipinski definition) is 1. The Morgan fingerprint density at radius 2 is 1.40 bits per heavy atom. The average molecular weight is 149 g/mol. The summed E-state index contributed by atoms with van der Waals surface area (Å²) < 4.78 is 0. The molecular weight excluding hydrogens is 126 g/mol. The molecule has 10 heavy (non-hydrogen) atoms. The van der Waals surface area contributed by atoms with Crippen LogP contribution >= 0.6 is 0 Å². The molecule has 0 atom stereocenters. The molecule has 0 aliphatic carbocycles. The highest BCUT2D eigenvalue weighted by atomic mass is 16.1. The Balaban J connectivity index is -0.0000000273. The van der Waals surface area contributed by atoms with E-state index in [9.17, 15) is 0 Å². The minimum Gasteiger partial charge on any atom is -0.362 e. The second-order valence-electron chi connectivity index (χ2n) is 1.11. The lowest BCUT2D eigenvalue weighted by Crippen LogP contribution is -1.98. The van der Waals surface area contributed by atoms with E-state index in [0.717, 1.165) is 0 Å². The molecular formula is C8H23NO. The van der Waals surface area contributed by atoms with Crippen LogP contribution in [-0.4, -0.2) is 13.5 Å². The summed E-state index contributed by atoms with van der Waals surface area (Å²) >= 11 is 0. The smallest absolute Gasteiger partial charge is 0.206 e. The van der Waals surface area contributed by atoms with Crippen molar-refractivity contribution in [3.63, 3.8) is 0 Å². The molecule has 1 N–H and O–H groups in total. The molecule has 0 saturated heterocycles. The summed E-state index contributed by atoms with van der Waals surface area (Å²) in [6, 6.07) is 0. The molecule has 2 heteroatoms. The van der Waals surface area contributed by atoms with Crippen molar-refractivity contribution in [3.05, 3.63) is 0 Å². The molecule has 0 unspecified atom stereocenters. The number of nitrogens with one attached hydrogen (secondary N) is 1. The molecule has 0 heterocycles. The number of carbonyl (C=O) groups is 1. The minimum absolute atomic E-state index is 0. The molecule has 66 valence electrons. The van der Waals surface area contributed by atoms with Crippen LogP contribution in [0.25, 0.3) is 0 Å². The summed E-state index contributed by atoms with van der Waals surface area (Å²) in [6.45, 7) is 8.25. The molecule has 0 aliphatic rings. The first-order chi connectivity index (χ1) is 4.33. The van der Waals surface area contributed by atoms with Crippen LogP contribution in [0.2, 0.25) is 0 Å². The first-order valence-electron chi connectivity index (χ1n) is 3.44. The summed E-state index contributed by atoms with van der Waals surface area (Å²) in [7, 11) is 1.56. The lowest BCUT2D eigenvalue weighted by Gasteiger charge is -1.64. The second-order valence-corrected chi connectivity index (χ2v) is 1.11. The van der Waals surface area contributed by atoms with Crippen molar-refractivity contribution >= 4 is 6.41 Å². The standard InChI is InChI=1S/C3H8.C2H5NO.C2H6.CH4/c1-3-2;1-3-2-4;1-2;/h3H2,1-2H3;2H,1H3,(H,3,4);1-2H3;1H4. The van der Waals surface area contributed by atoms with Gasteiger partial charge in [-0.25, -0.2) is 0 Å². The van der Waals surface area contributed by atoms with E-state index in [-0.39, 0.29) is 7.43 Å². The van der Waals surface area contributed by atoms with Crippen molar-refractivity contribution in [2.45, 2.75) is 41.5 Å². The van der Waals surface area contributed by atoms with Gasteiger partial charge in [0, 0.05) is 7.05 Å². The van der Waals surface area contributed by atoms with E-state index < -0.39 is 0 Å². The second kappa shape index (κ2) is 77.5. The highest BCUT2D eigenvalue weighted by Crippen LogP contribution is 1.56. The molecule has 0 aliphatic heterocycles. The van der Waals surface area contributed by atoms with Crippen LogP contribution in [-0.2, 0) is 4.79 Å². The van der Waals surface area contributed by atoms with E-state index in [4.69, 9.17) is 4.79 Å². The highest BCUT2D eigenvalue weighted by molar-refractivity contribution is 5.44. The molecule has 0 aromatic carbocycles. The first-order valence-corrected chi connectivity index (χ1v) is 3.44. The minimum atomic E-state index is 0. The van der Waals surface area contributed by atoms with Crippen molar-refractivity contribution in [3.8, 4) is 0 Å². The Kier molecular flexibility index (Phi) is 176. The maximum absolute atomic E-state index is 9.06. The van der Waals surface area contributed by atoms with E-state index in [1.165, 1.54) is 6.42 Å². The summed E-state index contributed by atoms with van der Waals surface area (Å²) in [6.07, 6.45) is 1.88. The van der Waals surface area contributed by atoms with Crippen LogP contribution in [0.5, 0.6) is 0 Å². The fraction of sp³-hybridized carbons (Fsp3) is 0.875. The molecule has 0 bridgehead atoms. The van der Waals surface area contributed by atoms with Gasteiger partial charge in [-0.2, -0.15) is 0 Å². The zero-order valence-electron chi connectivity index (χ0n) is 7.19. The summed E-state index contributed by atoms with van der Waals surface area (Å²) in [5.41, 5.74) is 0. The fourth-order valence-electron chi connectivity index (χ4n) is 0. The molecule has 1 amide bonds. The molecule has 0 fully saturated rings. The Bertz CT molecular complexity index is 30.4. The third-order valence-electron chi connectivity index (χ3n) is 0.118. The Hall–Kier alpha value is -0.530. The first kappa shape index (κ1) is 22.7. The normalized spacial score (nSPS) is 4.50. The number of carbonyl (C=O) groups excluding carboxylic acids is 1. The number of amides is 1. The SMILES string of the molecule is C.CC.CCC.CNC=O. The van der Waals surface area contributed by atoms with Crippen LogP contribution < -0.4 is 5.32 Å². The van der Waals surface area contributed by atoms with E-state index in [0.29, 0.717) is 6.41 Å². The maximum atomic E-state index is 9.06. The van der Waals surface area contributed by atoms with Gasteiger partial charge < -0.3 is 5.32 Å². The fourth-order valence-corrected chi connectivity index (χ4v) is 0. The lowest BCUT2D eigenvalue weighted by atomic mass is 10.6. The van der Waals surface area contributed by atoms with Gasteiger partial charge in [-0.1, -0.05) is 41.5 Å². The van der Waals surface area contributed by atoms with Crippen LogP contribution in [0.15, 0.2) is 0 Å². The van der Waals surface area contributed by atoms with Gasteiger partial charge >= 0.3 is 0 Å². The van der Waals surface area contributed by atoms with Crippen LogP contribution in [0.4, 0.5) is 0 Å². The van der Waals surface area contributed by atoms with Crippen LogP contribution in [0.3, 0.4) is 0 Å². The molecule has 0 aromatic rings. The Morgan fingerprint density at radius 1 is 1.30 bits per heavy atom. The topological polar surface area (TPSA) is 29.1 Å². The largest absolute Gasteiger partial charge is 0.362 e. The third-order valence-corrected chi connectivity index (χ3v) is 0.118. The molecule has 0 spiro atoms. The van der Waals surface area contributed by atoms with Crippen molar-refractivity contribution in [1.82, 2.24) is 5.32 Å². The van der Waals surface area contributed by atoms with E-state index in [1.807, 2.05) is 13.8 Å². The van der Waals surface area contributed by atoms with Crippen molar-refractivity contribution < 1.29 is 4.79 Å². The molecule has 0 aromatic heterocycles. The van der Waals surface area contributed by atoms with Crippen LogP contribution in [0, 0.1) is 0 Å². The quantitative estimate of drug-likeness (QED) is 0.570. The zero-order valence-corrected chi connectivity index (χ0v) is 7.19. The predicted molar refractivity (Wildman–Crippen MR) is 49.2 cm³/mol. The van der Waals surface area contributed by atoms with E-state index >= 15 is 0 Å². The summed E-state index contributed by atoms with van der Waals surface area (Å²) in [5, 5.41) is 2.25. The third kappa shape index (κ3) is 1420. The highest BCUT2D eigenvalue weighted by Gasteiger charge is 1.43. The van der Waals surface area contributed by atoms with Crippen molar-refractivity contribution in [1.29, 1.82) is 0 Å². The van der Waals surface area contributed by atoms with Gasteiger partial charge in [0.2, 0.25) is 6.41 Å². The molecule has 0 radical (unpaired) electrons. The van der Waals surface area contributed by atoms with Crippen LogP contribution in [0.1, 0.15) is 41.5 Å². The van der Waals surface area contributed by atoms with Crippen molar-refractivity contribution in [2.75, 3.05) is 7.05 Å². The van der Waals surface area contributed by atoms with Gasteiger partial charge in [0.1, 0.15) is 0 Å². The summed E-state index contributed by atoms with van der Waals surface area (Å²) in [4.78, 5) is 9.06. The monoisotopic (exact) mass is 149 g/mol. The summed E-state index contributed by atoms with van der Waals surface area (Å²) in [5.74, 6) is 0. The lowest BCUT2D eigenvalue weighted by molar-refractivity contribution is -0.109. The van der Waals surface area contributed by atoms with E-state index in [1.54, 1.807) is 7.05 Å². The van der Waals surface area contributed by atoms with Crippen molar-refractivity contribution in [2.24, 2.45) is 0 Å². The van der Waals surface area contributed by atoms with Gasteiger partial charge in [-0.05, 0) is 0 Å². The van der Waals surface area contributed by atoms with E-state index in [2.05, 4.69) is 19.2 Å². The number of rotatable bonds is 1. The Morgan fingerprint density at radius 3 is 1.40 bits per heavy atom. The Labute approximate surface area is 66.0 Å². The molecule has 0 saturated carbocycles. The molecule has 2 nitrogen and oxygen atoms in total. The van der Waals surface area contributed by atoms with Gasteiger partial charge in [0.05, 0.1) is 0 Å². The predicted octanol–water partition coefficient (Wildman–Crippen LogP) is 2.44. The van der Waals surface area contributed by atoms with Gasteiger partial charge in [0.15, 0.2) is 0 Å². The number of hydrogen-bond donors (Lipinski definition) is 1. The molecule has 0 rings (SSSR count). The zero-order chi connectivity index (χ0) is 8.12.